The first kappa shape index (κ1) is 15.3. The van der Waals surface area contributed by atoms with Crippen LogP contribution in [0.25, 0.3) is 0 Å². The van der Waals surface area contributed by atoms with Crippen LogP contribution in [0.1, 0.15) is 65.7 Å². The summed E-state index contributed by atoms with van der Waals surface area (Å²) < 4.78 is 5.05. The molecule has 0 unspecified atom stereocenters. The van der Waals surface area contributed by atoms with Gasteiger partial charge in [0.1, 0.15) is 5.57 Å². The van der Waals surface area contributed by atoms with E-state index in [-0.39, 0.29) is 5.78 Å². The van der Waals surface area contributed by atoms with E-state index in [0.29, 0.717) is 24.0 Å². The lowest BCUT2D eigenvalue weighted by atomic mass is 9.49. The lowest BCUT2D eigenvalue weighted by Gasteiger charge is -2.56. The van der Waals surface area contributed by atoms with Crippen LogP contribution in [0.2, 0.25) is 0 Å². The van der Waals surface area contributed by atoms with Crippen LogP contribution in [0, 0.1) is 11.3 Å². The molecule has 0 aliphatic heterocycles. The second kappa shape index (κ2) is 6.11. The Morgan fingerprint density at radius 3 is 2.35 bits per heavy atom. The molecular weight excluding hydrogens is 252 g/mol. The van der Waals surface area contributed by atoms with Gasteiger partial charge in [-0.2, -0.15) is 0 Å². The highest BCUT2D eigenvalue weighted by molar-refractivity contribution is 6.18. The normalized spacial score (nSPS) is 27.8. The van der Waals surface area contributed by atoms with E-state index in [0.717, 1.165) is 24.3 Å². The van der Waals surface area contributed by atoms with Crippen LogP contribution in [0.3, 0.4) is 0 Å². The summed E-state index contributed by atoms with van der Waals surface area (Å²) in [4.78, 5) is 23.9. The summed E-state index contributed by atoms with van der Waals surface area (Å²) in [7, 11) is 0. The molecule has 0 aromatic rings. The van der Waals surface area contributed by atoms with Gasteiger partial charge in [-0.05, 0) is 43.9 Å². The fraction of sp³-hybridized carbons (Fsp3) is 0.765. The Labute approximate surface area is 121 Å². The molecule has 0 bridgehead atoms. The van der Waals surface area contributed by atoms with Crippen molar-refractivity contribution in [3.8, 4) is 0 Å². The highest BCUT2D eigenvalue weighted by Crippen LogP contribution is 2.62. The van der Waals surface area contributed by atoms with Crippen molar-refractivity contribution < 1.29 is 14.3 Å². The van der Waals surface area contributed by atoms with E-state index < -0.39 is 5.97 Å². The van der Waals surface area contributed by atoms with E-state index in [1.165, 1.54) is 25.7 Å². The second-order valence-corrected chi connectivity index (χ2v) is 6.39. The number of Topliss-reactive ketones (excluding diaryl/α,β-unsaturated/α-hetero) is 1. The molecule has 3 nitrogen and oxygen atoms in total. The number of rotatable bonds is 6. The predicted octanol–water partition coefficient (Wildman–Crippen LogP) is 3.82. The largest absolute Gasteiger partial charge is 0.462 e. The number of carbonyl (C=O) groups is 2. The van der Waals surface area contributed by atoms with Crippen molar-refractivity contribution in [1.82, 2.24) is 0 Å². The van der Waals surface area contributed by atoms with Crippen LogP contribution < -0.4 is 0 Å². The van der Waals surface area contributed by atoms with Gasteiger partial charge in [0.15, 0.2) is 5.78 Å². The molecule has 3 heteroatoms. The molecule has 20 heavy (non-hydrogen) atoms. The topological polar surface area (TPSA) is 43.4 Å². The van der Waals surface area contributed by atoms with Crippen molar-refractivity contribution in [3.05, 3.63) is 11.1 Å². The molecule has 0 atom stereocenters. The van der Waals surface area contributed by atoms with Gasteiger partial charge in [-0.1, -0.05) is 32.3 Å². The third kappa shape index (κ3) is 2.82. The molecule has 0 amide bonds. The fourth-order valence-corrected chi connectivity index (χ4v) is 3.93. The first-order valence-electron chi connectivity index (χ1n) is 7.97. The number of ether oxygens (including phenoxy) is 1. The van der Waals surface area contributed by atoms with E-state index in [1.54, 1.807) is 13.8 Å². The van der Waals surface area contributed by atoms with Crippen LogP contribution in [-0.4, -0.2) is 18.4 Å². The molecule has 0 aromatic heterocycles. The van der Waals surface area contributed by atoms with Gasteiger partial charge in [0.25, 0.3) is 0 Å². The number of hydrogen-bond donors (Lipinski definition) is 0. The quantitative estimate of drug-likeness (QED) is 0.321. The highest BCUT2D eigenvalue weighted by atomic mass is 16.5. The molecule has 1 spiro atoms. The molecule has 0 aromatic carbocycles. The van der Waals surface area contributed by atoms with Crippen molar-refractivity contribution >= 4 is 11.8 Å². The van der Waals surface area contributed by atoms with Crippen LogP contribution >= 0.6 is 0 Å². The molecule has 2 rings (SSSR count). The molecule has 0 saturated heterocycles. The van der Waals surface area contributed by atoms with E-state index >= 15 is 0 Å². The molecule has 2 aliphatic carbocycles. The van der Waals surface area contributed by atoms with Crippen molar-refractivity contribution in [2.45, 2.75) is 65.7 Å². The minimum atomic E-state index is -0.409. The van der Waals surface area contributed by atoms with E-state index in [2.05, 4.69) is 6.92 Å². The minimum Gasteiger partial charge on any atom is -0.462 e. The summed E-state index contributed by atoms with van der Waals surface area (Å²) in [5, 5.41) is 0. The SMILES string of the molecule is CCCC1CC2(CC(=C(C(=O)CC)C(=O)OCC)C2)C1. The Morgan fingerprint density at radius 1 is 1.20 bits per heavy atom. The zero-order chi connectivity index (χ0) is 14.8. The van der Waals surface area contributed by atoms with Crippen molar-refractivity contribution in [2.24, 2.45) is 11.3 Å². The number of hydrogen-bond acceptors (Lipinski definition) is 3. The molecule has 2 fully saturated rings. The van der Waals surface area contributed by atoms with Crippen LogP contribution in [0.4, 0.5) is 0 Å². The first-order valence-corrected chi connectivity index (χ1v) is 7.97. The van der Waals surface area contributed by atoms with Gasteiger partial charge in [0, 0.05) is 6.42 Å². The Balaban J connectivity index is 2.01. The maximum absolute atomic E-state index is 12.0. The van der Waals surface area contributed by atoms with Gasteiger partial charge >= 0.3 is 5.97 Å². The molecule has 2 saturated carbocycles. The summed E-state index contributed by atoms with van der Waals surface area (Å²) in [5.41, 5.74) is 1.82. The number of esters is 1. The third-order valence-electron chi connectivity index (χ3n) is 4.75. The predicted molar refractivity (Wildman–Crippen MR) is 78.3 cm³/mol. The maximum Gasteiger partial charge on any atom is 0.341 e. The Bertz CT molecular complexity index is 418. The van der Waals surface area contributed by atoms with Gasteiger partial charge in [-0.25, -0.2) is 4.79 Å². The summed E-state index contributed by atoms with van der Waals surface area (Å²) in [6.45, 7) is 6.14. The Kier molecular flexibility index (Phi) is 4.66. The summed E-state index contributed by atoms with van der Waals surface area (Å²) in [6.07, 6.45) is 7.39. The summed E-state index contributed by atoms with van der Waals surface area (Å²) in [5.74, 6) is 0.404. The van der Waals surface area contributed by atoms with Gasteiger partial charge in [0.05, 0.1) is 6.61 Å². The number of allylic oxidation sites excluding steroid dienone is 1. The van der Waals surface area contributed by atoms with Crippen LogP contribution in [-0.2, 0) is 14.3 Å². The molecular formula is C17H26O3. The molecule has 0 radical (unpaired) electrons. The van der Waals surface area contributed by atoms with E-state index in [1.807, 2.05) is 0 Å². The van der Waals surface area contributed by atoms with Crippen molar-refractivity contribution in [1.29, 1.82) is 0 Å². The molecule has 112 valence electrons. The Morgan fingerprint density at radius 2 is 1.85 bits per heavy atom. The van der Waals surface area contributed by atoms with Crippen molar-refractivity contribution in [3.63, 3.8) is 0 Å². The lowest BCUT2D eigenvalue weighted by molar-refractivity contribution is -0.140. The first-order chi connectivity index (χ1) is 9.55. The molecule has 2 aliphatic rings. The number of carbonyl (C=O) groups excluding carboxylic acids is 2. The average molecular weight is 278 g/mol. The van der Waals surface area contributed by atoms with Gasteiger partial charge in [-0.15, -0.1) is 0 Å². The van der Waals surface area contributed by atoms with Gasteiger partial charge in [-0.3, -0.25) is 4.79 Å². The third-order valence-corrected chi connectivity index (χ3v) is 4.75. The van der Waals surface area contributed by atoms with Gasteiger partial charge in [0.2, 0.25) is 0 Å². The standard InChI is InChI=1S/C17H26O3/c1-4-7-12-8-17(9-12)10-13(11-17)15(14(18)5-2)16(19)20-6-3/h12H,4-11H2,1-3H3. The summed E-state index contributed by atoms with van der Waals surface area (Å²) >= 11 is 0. The zero-order valence-corrected chi connectivity index (χ0v) is 13.0. The monoisotopic (exact) mass is 278 g/mol. The highest BCUT2D eigenvalue weighted by Gasteiger charge is 2.51. The Hall–Kier alpha value is -1.12. The smallest absolute Gasteiger partial charge is 0.341 e. The summed E-state index contributed by atoms with van der Waals surface area (Å²) in [6, 6.07) is 0. The van der Waals surface area contributed by atoms with Crippen LogP contribution in [0.5, 0.6) is 0 Å². The average Bonchev–Trinajstić information content (AvgIpc) is 2.33. The number of ketones is 1. The maximum atomic E-state index is 12.0. The zero-order valence-electron chi connectivity index (χ0n) is 13.0. The molecule has 0 N–H and O–H groups in total. The minimum absolute atomic E-state index is 0.0577. The van der Waals surface area contributed by atoms with Gasteiger partial charge < -0.3 is 4.74 Å². The second-order valence-electron chi connectivity index (χ2n) is 6.39. The van der Waals surface area contributed by atoms with E-state index in [9.17, 15) is 9.59 Å². The van der Waals surface area contributed by atoms with Crippen molar-refractivity contribution in [2.75, 3.05) is 6.61 Å². The lowest BCUT2D eigenvalue weighted by Crippen LogP contribution is -2.45. The van der Waals surface area contributed by atoms with Crippen LogP contribution in [0.15, 0.2) is 11.1 Å². The fourth-order valence-electron chi connectivity index (χ4n) is 3.93. The van der Waals surface area contributed by atoms with E-state index in [4.69, 9.17) is 4.74 Å². The molecule has 0 heterocycles.